The molecule has 2 aromatic heterocycles. The minimum Gasteiger partial charge on any atom is -0.399 e. The monoisotopic (exact) mass is 398 g/mol. The molecule has 0 saturated carbocycles. The normalized spacial score (nSPS) is 14.8. The number of aromatic nitrogens is 5. The summed E-state index contributed by atoms with van der Waals surface area (Å²) >= 11 is 0. The van der Waals surface area contributed by atoms with E-state index in [1.165, 1.54) is 23.4 Å². The summed E-state index contributed by atoms with van der Waals surface area (Å²) in [6.07, 6.45) is 2.74. The Balaban J connectivity index is 1.89. The van der Waals surface area contributed by atoms with E-state index in [4.69, 9.17) is 5.73 Å². The Labute approximate surface area is 165 Å². The van der Waals surface area contributed by atoms with Gasteiger partial charge in [-0.05, 0) is 38.1 Å². The molecule has 0 fully saturated rings. The number of rotatable bonds is 5. The lowest BCUT2D eigenvalue weighted by Crippen LogP contribution is -2.41. The minimum atomic E-state index is -1.79. The van der Waals surface area contributed by atoms with E-state index in [1.807, 2.05) is 6.92 Å². The van der Waals surface area contributed by atoms with Gasteiger partial charge in [-0.3, -0.25) is 4.68 Å². The number of anilines is 1. The van der Waals surface area contributed by atoms with Crippen LogP contribution in [0, 0.1) is 18.6 Å². The zero-order chi connectivity index (χ0) is 20.8. The Kier molecular flexibility index (Phi) is 4.54. The molecule has 7 nitrogen and oxygen atoms in total. The number of fused-ring (bicyclic) bond motifs is 1. The average Bonchev–Trinajstić information content (AvgIpc) is 3.29. The van der Waals surface area contributed by atoms with E-state index in [-0.39, 0.29) is 12.1 Å². The molecule has 0 unspecified atom stereocenters. The Morgan fingerprint density at radius 2 is 2.00 bits per heavy atom. The van der Waals surface area contributed by atoms with Crippen LogP contribution in [0.15, 0.2) is 49.1 Å². The van der Waals surface area contributed by atoms with Crippen molar-refractivity contribution in [2.45, 2.75) is 32.0 Å². The molecule has 9 heteroatoms. The fourth-order valence-corrected chi connectivity index (χ4v) is 3.65. The number of aliphatic hydroxyl groups is 1. The van der Waals surface area contributed by atoms with Gasteiger partial charge in [-0.15, -0.1) is 0 Å². The number of hydrogen-bond donors (Lipinski definition) is 2. The maximum atomic E-state index is 14.7. The molecule has 2 atom stereocenters. The van der Waals surface area contributed by atoms with Gasteiger partial charge in [0.1, 0.15) is 29.9 Å². The maximum absolute atomic E-state index is 14.7. The van der Waals surface area contributed by atoms with Crippen LogP contribution in [0.25, 0.3) is 10.9 Å². The third kappa shape index (κ3) is 3.23. The van der Waals surface area contributed by atoms with Crippen molar-refractivity contribution in [3.05, 3.63) is 71.9 Å². The molecule has 29 heavy (non-hydrogen) atoms. The van der Waals surface area contributed by atoms with Gasteiger partial charge < -0.3 is 10.8 Å². The lowest BCUT2D eigenvalue weighted by molar-refractivity contribution is -0.0355. The average molecular weight is 398 g/mol. The lowest BCUT2D eigenvalue weighted by atomic mass is 9.86. The Hall–Kier alpha value is -3.33. The van der Waals surface area contributed by atoms with Crippen LogP contribution in [0.1, 0.15) is 24.2 Å². The number of nitrogens with two attached hydrogens (primary N) is 1. The first-order valence-corrected chi connectivity index (χ1v) is 9.04. The van der Waals surface area contributed by atoms with E-state index < -0.39 is 23.3 Å². The topological polar surface area (TPSA) is 94.8 Å². The van der Waals surface area contributed by atoms with Crippen LogP contribution in [0.4, 0.5) is 14.5 Å². The van der Waals surface area contributed by atoms with Gasteiger partial charge in [-0.25, -0.2) is 18.4 Å². The number of hydrogen-bond acceptors (Lipinski definition) is 5. The van der Waals surface area contributed by atoms with Crippen molar-refractivity contribution >= 4 is 16.6 Å². The molecule has 150 valence electrons. The van der Waals surface area contributed by atoms with Crippen LogP contribution in [0.3, 0.4) is 0 Å². The van der Waals surface area contributed by atoms with Gasteiger partial charge in [0.05, 0.1) is 23.8 Å². The number of nitrogens with zero attached hydrogens (tertiary/aromatic N) is 5. The van der Waals surface area contributed by atoms with Crippen molar-refractivity contribution in [1.29, 1.82) is 0 Å². The Morgan fingerprint density at radius 1 is 1.21 bits per heavy atom. The van der Waals surface area contributed by atoms with Crippen LogP contribution in [0.2, 0.25) is 0 Å². The standard InChI is InChI=1S/C20H20F2N6O/c1-12-16-8-15(23)4-6-19(16)28(26-12)13(2)20(29,9-27-11-24-10-25-27)17-5-3-14(21)7-18(17)22/h3-8,10-11,13,29H,9,23H2,1-2H3/t13-,20-/m1/s1. The SMILES string of the molecule is Cc1nn([C@H](C)[C@](O)(Cn2cncn2)c2ccc(F)cc2F)c2ccc(N)cc12. The second-order valence-corrected chi connectivity index (χ2v) is 7.12. The van der Waals surface area contributed by atoms with Crippen LogP contribution in [-0.2, 0) is 12.1 Å². The molecule has 0 saturated heterocycles. The van der Waals surface area contributed by atoms with E-state index in [9.17, 15) is 13.9 Å². The van der Waals surface area contributed by atoms with Crippen LogP contribution in [0.5, 0.6) is 0 Å². The number of nitrogen functional groups attached to an aromatic ring is 1. The highest BCUT2D eigenvalue weighted by Gasteiger charge is 2.41. The highest BCUT2D eigenvalue weighted by atomic mass is 19.1. The Morgan fingerprint density at radius 3 is 2.69 bits per heavy atom. The zero-order valence-corrected chi connectivity index (χ0v) is 15.9. The number of aryl methyl sites for hydroxylation is 1. The van der Waals surface area contributed by atoms with Crippen molar-refractivity contribution in [2.75, 3.05) is 5.73 Å². The van der Waals surface area contributed by atoms with E-state index >= 15 is 0 Å². The molecule has 0 radical (unpaired) electrons. The quantitative estimate of drug-likeness (QED) is 0.504. The van der Waals surface area contributed by atoms with E-state index in [0.29, 0.717) is 5.69 Å². The van der Waals surface area contributed by atoms with E-state index in [2.05, 4.69) is 15.2 Å². The fourth-order valence-electron chi connectivity index (χ4n) is 3.65. The molecular formula is C20H20F2N6O. The molecule has 4 rings (SSSR count). The van der Waals surface area contributed by atoms with Crippen molar-refractivity contribution in [3.8, 4) is 0 Å². The third-order valence-electron chi connectivity index (χ3n) is 5.24. The van der Waals surface area contributed by atoms with Crippen molar-refractivity contribution in [2.24, 2.45) is 0 Å². The van der Waals surface area contributed by atoms with Crippen LogP contribution >= 0.6 is 0 Å². The van der Waals surface area contributed by atoms with E-state index in [0.717, 1.165) is 28.7 Å². The highest BCUT2D eigenvalue weighted by molar-refractivity contribution is 5.85. The van der Waals surface area contributed by atoms with Crippen molar-refractivity contribution in [3.63, 3.8) is 0 Å². The minimum absolute atomic E-state index is 0.0568. The summed E-state index contributed by atoms with van der Waals surface area (Å²) in [6.45, 7) is 3.45. The van der Waals surface area contributed by atoms with Crippen LogP contribution in [-0.4, -0.2) is 29.7 Å². The van der Waals surface area contributed by atoms with Crippen molar-refractivity contribution in [1.82, 2.24) is 24.5 Å². The van der Waals surface area contributed by atoms with Gasteiger partial charge in [0, 0.05) is 22.7 Å². The van der Waals surface area contributed by atoms with Gasteiger partial charge in [-0.1, -0.05) is 6.07 Å². The molecule has 2 heterocycles. The van der Waals surface area contributed by atoms with Crippen molar-refractivity contribution < 1.29 is 13.9 Å². The highest BCUT2D eigenvalue weighted by Crippen LogP contribution is 2.38. The predicted octanol–water partition coefficient (Wildman–Crippen LogP) is 2.95. The Bertz CT molecular complexity index is 1170. The van der Waals surface area contributed by atoms with Gasteiger partial charge >= 0.3 is 0 Å². The molecule has 3 N–H and O–H groups in total. The van der Waals surface area contributed by atoms with Gasteiger partial charge in [0.25, 0.3) is 0 Å². The smallest absolute Gasteiger partial charge is 0.137 e. The summed E-state index contributed by atoms with van der Waals surface area (Å²) in [5.74, 6) is -1.57. The molecule has 0 aliphatic heterocycles. The fraction of sp³-hybridized carbons (Fsp3) is 0.250. The maximum Gasteiger partial charge on any atom is 0.137 e. The third-order valence-corrected chi connectivity index (χ3v) is 5.24. The van der Waals surface area contributed by atoms with Gasteiger partial charge in [-0.2, -0.15) is 10.2 Å². The number of benzene rings is 2. The lowest BCUT2D eigenvalue weighted by Gasteiger charge is -2.35. The zero-order valence-electron chi connectivity index (χ0n) is 15.9. The molecule has 4 aromatic rings. The largest absolute Gasteiger partial charge is 0.399 e. The second-order valence-electron chi connectivity index (χ2n) is 7.12. The summed E-state index contributed by atoms with van der Waals surface area (Å²) in [6, 6.07) is 7.72. The first-order chi connectivity index (χ1) is 13.8. The molecule has 0 amide bonds. The molecule has 0 spiro atoms. The first kappa shape index (κ1) is 19.0. The molecule has 0 aliphatic rings. The molecule has 0 bridgehead atoms. The number of halogens is 2. The predicted molar refractivity (Wildman–Crippen MR) is 104 cm³/mol. The molecular weight excluding hydrogens is 378 g/mol. The summed E-state index contributed by atoms with van der Waals surface area (Å²) in [4.78, 5) is 3.88. The summed E-state index contributed by atoms with van der Waals surface area (Å²) in [5, 5.41) is 21.2. The molecule has 2 aromatic carbocycles. The summed E-state index contributed by atoms with van der Waals surface area (Å²) in [7, 11) is 0. The molecule has 0 aliphatic carbocycles. The first-order valence-electron chi connectivity index (χ1n) is 9.04. The summed E-state index contributed by atoms with van der Waals surface area (Å²) < 4.78 is 31.3. The van der Waals surface area contributed by atoms with Gasteiger partial charge in [0.2, 0.25) is 0 Å². The summed E-state index contributed by atoms with van der Waals surface area (Å²) in [5.41, 5.74) is 6.10. The van der Waals surface area contributed by atoms with E-state index in [1.54, 1.807) is 29.8 Å². The van der Waals surface area contributed by atoms with Crippen LogP contribution < -0.4 is 5.73 Å². The second kappa shape index (κ2) is 6.93. The van der Waals surface area contributed by atoms with Gasteiger partial charge in [0.15, 0.2) is 0 Å².